The number of nitrogens with two attached hydrogens (primary N) is 1. The van der Waals surface area contributed by atoms with Gasteiger partial charge >= 0.3 is 0 Å². The largest absolute Gasteiger partial charge is 0.313 e. The maximum atomic E-state index is 11.0. The van der Waals surface area contributed by atoms with E-state index >= 15 is 0 Å². The van der Waals surface area contributed by atoms with Gasteiger partial charge in [-0.3, -0.25) is 0 Å². The molecule has 1 rings (SSSR count). The fourth-order valence-electron chi connectivity index (χ4n) is 1.63. The summed E-state index contributed by atoms with van der Waals surface area (Å²) in [5.41, 5.74) is 0. The number of likely N-dealkylation sites (N-methyl/N-ethyl adjacent to an activating group) is 1. The molecule has 78 valence electrons. The van der Waals surface area contributed by atoms with Gasteiger partial charge in [0, 0.05) is 19.1 Å². The van der Waals surface area contributed by atoms with Crippen molar-refractivity contribution in [2.45, 2.75) is 25.8 Å². The lowest BCUT2D eigenvalue weighted by Crippen LogP contribution is -2.49. The van der Waals surface area contributed by atoms with Crippen LogP contribution in [-0.4, -0.2) is 38.4 Å². The first kappa shape index (κ1) is 10.9. The van der Waals surface area contributed by atoms with Crippen molar-refractivity contribution in [2.24, 2.45) is 5.14 Å². The lowest BCUT2D eigenvalue weighted by atomic mass is 10.1. The Morgan fingerprint density at radius 3 is 2.85 bits per heavy atom. The van der Waals surface area contributed by atoms with Gasteiger partial charge in [0.15, 0.2) is 0 Å². The Balaban J connectivity index is 2.52. The molecule has 0 aromatic rings. The van der Waals surface area contributed by atoms with Crippen LogP contribution in [-0.2, 0) is 10.2 Å². The van der Waals surface area contributed by atoms with Crippen LogP contribution in [0.3, 0.4) is 0 Å². The fraction of sp³-hybridized carbons (Fsp3) is 1.00. The van der Waals surface area contributed by atoms with Crippen molar-refractivity contribution in [3.05, 3.63) is 0 Å². The number of hydrogen-bond donors (Lipinski definition) is 2. The van der Waals surface area contributed by atoms with E-state index in [1.54, 1.807) is 0 Å². The van der Waals surface area contributed by atoms with Crippen LogP contribution >= 0.6 is 0 Å². The van der Waals surface area contributed by atoms with Crippen molar-refractivity contribution in [1.82, 2.24) is 9.62 Å². The van der Waals surface area contributed by atoms with Gasteiger partial charge in [-0.2, -0.15) is 12.7 Å². The number of nitrogens with zero attached hydrogens (tertiary/aromatic N) is 1. The zero-order valence-electron chi connectivity index (χ0n) is 7.86. The molecule has 3 N–H and O–H groups in total. The first-order valence-corrected chi connectivity index (χ1v) is 6.05. The smallest absolute Gasteiger partial charge is 0.276 e. The predicted molar refractivity (Wildman–Crippen MR) is 51.4 cm³/mol. The van der Waals surface area contributed by atoms with Gasteiger partial charge in [0.05, 0.1) is 0 Å². The van der Waals surface area contributed by atoms with Gasteiger partial charge in [0.1, 0.15) is 0 Å². The molecule has 1 saturated heterocycles. The maximum Gasteiger partial charge on any atom is 0.276 e. The van der Waals surface area contributed by atoms with Crippen molar-refractivity contribution in [2.75, 3.05) is 19.6 Å². The zero-order valence-corrected chi connectivity index (χ0v) is 8.68. The highest BCUT2D eigenvalue weighted by molar-refractivity contribution is 7.86. The molecule has 0 aliphatic carbocycles. The molecule has 0 saturated carbocycles. The topological polar surface area (TPSA) is 75.4 Å². The third kappa shape index (κ3) is 3.22. The summed E-state index contributed by atoms with van der Waals surface area (Å²) in [5.74, 6) is 0. The van der Waals surface area contributed by atoms with E-state index in [1.807, 2.05) is 6.92 Å². The van der Waals surface area contributed by atoms with E-state index in [2.05, 4.69) is 5.32 Å². The highest BCUT2D eigenvalue weighted by atomic mass is 32.2. The minimum absolute atomic E-state index is 0.261. The minimum atomic E-state index is -3.48. The van der Waals surface area contributed by atoms with Crippen LogP contribution in [0.25, 0.3) is 0 Å². The number of hydrogen-bond acceptors (Lipinski definition) is 3. The van der Waals surface area contributed by atoms with Gasteiger partial charge in [-0.1, -0.05) is 6.92 Å². The number of piperidine rings is 1. The molecule has 1 heterocycles. The lowest BCUT2D eigenvalue weighted by Gasteiger charge is -2.30. The van der Waals surface area contributed by atoms with E-state index in [9.17, 15) is 8.42 Å². The third-order valence-corrected chi connectivity index (χ3v) is 3.29. The quantitative estimate of drug-likeness (QED) is 0.640. The Kier molecular flexibility index (Phi) is 3.66. The summed E-state index contributed by atoms with van der Waals surface area (Å²) in [4.78, 5) is 0. The van der Waals surface area contributed by atoms with Crippen molar-refractivity contribution < 1.29 is 8.42 Å². The highest BCUT2D eigenvalue weighted by Crippen LogP contribution is 2.11. The van der Waals surface area contributed by atoms with Gasteiger partial charge in [0.2, 0.25) is 0 Å². The summed E-state index contributed by atoms with van der Waals surface area (Å²) in [6.45, 7) is 3.94. The van der Waals surface area contributed by atoms with E-state index < -0.39 is 10.2 Å². The van der Waals surface area contributed by atoms with Crippen LogP contribution < -0.4 is 10.5 Å². The molecule has 1 fully saturated rings. The second-order valence-corrected chi connectivity index (χ2v) is 4.85. The van der Waals surface area contributed by atoms with Crippen molar-refractivity contribution in [3.63, 3.8) is 0 Å². The Hall–Kier alpha value is -0.170. The molecule has 0 aromatic carbocycles. The van der Waals surface area contributed by atoms with Crippen molar-refractivity contribution in [1.29, 1.82) is 0 Å². The molecule has 1 aliphatic rings. The van der Waals surface area contributed by atoms with Gasteiger partial charge in [-0.25, -0.2) is 5.14 Å². The van der Waals surface area contributed by atoms with Crippen LogP contribution in [0.1, 0.15) is 19.8 Å². The van der Waals surface area contributed by atoms with E-state index in [-0.39, 0.29) is 6.04 Å². The average Bonchev–Trinajstić information content (AvgIpc) is 2.04. The average molecular weight is 207 g/mol. The van der Waals surface area contributed by atoms with E-state index in [0.717, 1.165) is 19.4 Å². The Bertz CT molecular complexity index is 250. The standard InChI is InChI=1S/C7H17N3O2S/c1-2-9-7-4-3-5-10(6-7)13(8,11)12/h7,9H,2-6H2,1H3,(H2,8,11,12). The minimum Gasteiger partial charge on any atom is -0.313 e. The van der Waals surface area contributed by atoms with Crippen molar-refractivity contribution >= 4 is 10.2 Å². The summed E-state index contributed by atoms with van der Waals surface area (Å²) in [6.07, 6.45) is 1.91. The summed E-state index contributed by atoms with van der Waals surface area (Å²) in [6, 6.07) is 0.261. The molecular formula is C7H17N3O2S. The summed E-state index contributed by atoms with van der Waals surface area (Å²) in [7, 11) is -3.48. The Morgan fingerprint density at radius 1 is 1.62 bits per heavy atom. The van der Waals surface area contributed by atoms with Crippen molar-refractivity contribution in [3.8, 4) is 0 Å². The summed E-state index contributed by atoms with van der Waals surface area (Å²) >= 11 is 0. The molecule has 1 unspecified atom stereocenters. The molecule has 1 atom stereocenters. The summed E-state index contributed by atoms with van der Waals surface area (Å²) < 4.78 is 23.4. The second kappa shape index (κ2) is 4.36. The molecule has 0 radical (unpaired) electrons. The number of nitrogens with one attached hydrogen (secondary N) is 1. The SMILES string of the molecule is CCNC1CCCN(S(N)(=O)=O)C1. The van der Waals surface area contributed by atoms with Crippen LogP contribution in [0.15, 0.2) is 0 Å². The predicted octanol–water partition coefficient (Wildman–Crippen LogP) is -0.736. The third-order valence-electron chi connectivity index (χ3n) is 2.24. The Labute approximate surface area is 79.5 Å². The molecule has 6 heteroatoms. The van der Waals surface area contributed by atoms with E-state index in [0.29, 0.717) is 13.1 Å². The van der Waals surface area contributed by atoms with Gasteiger partial charge < -0.3 is 5.32 Å². The molecule has 13 heavy (non-hydrogen) atoms. The lowest BCUT2D eigenvalue weighted by molar-refractivity contribution is 0.286. The second-order valence-electron chi connectivity index (χ2n) is 3.30. The Morgan fingerprint density at radius 2 is 2.31 bits per heavy atom. The molecular weight excluding hydrogens is 190 g/mol. The first-order valence-electron chi connectivity index (χ1n) is 4.55. The number of rotatable bonds is 3. The van der Waals surface area contributed by atoms with Crippen LogP contribution in [0, 0.1) is 0 Å². The molecule has 0 amide bonds. The molecule has 5 nitrogen and oxygen atoms in total. The normalized spacial score (nSPS) is 26.2. The van der Waals surface area contributed by atoms with Crippen LogP contribution in [0.2, 0.25) is 0 Å². The van der Waals surface area contributed by atoms with E-state index in [4.69, 9.17) is 5.14 Å². The maximum absolute atomic E-state index is 11.0. The van der Waals surface area contributed by atoms with Gasteiger partial charge in [-0.15, -0.1) is 0 Å². The van der Waals surface area contributed by atoms with Gasteiger partial charge in [0.25, 0.3) is 10.2 Å². The van der Waals surface area contributed by atoms with Crippen LogP contribution in [0.4, 0.5) is 0 Å². The first-order chi connectivity index (χ1) is 6.04. The molecule has 0 spiro atoms. The molecule has 0 aromatic heterocycles. The zero-order chi connectivity index (χ0) is 9.90. The van der Waals surface area contributed by atoms with E-state index in [1.165, 1.54) is 4.31 Å². The monoisotopic (exact) mass is 207 g/mol. The van der Waals surface area contributed by atoms with Gasteiger partial charge in [-0.05, 0) is 19.4 Å². The molecule has 0 bridgehead atoms. The molecule has 1 aliphatic heterocycles. The summed E-state index contributed by atoms with van der Waals surface area (Å²) in [5, 5.41) is 8.26. The highest BCUT2D eigenvalue weighted by Gasteiger charge is 2.25. The fourth-order valence-corrected chi connectivity index (χ4v) is 2.40. The van der Waals surface area contributed by atoms with Crippen LogP contribution in [0.5, 0.6) is 0 Å².